The molecule has 14 heteroatoms. The summed E-state index contributed by atoms with van der Waals surface area (Å²) in [7, 11) is 1.77. The molecule has 2 amide bonds. The second-order valence-corrected chi connectivity index (χ2v) is 6.70. The molecule has 170 valence electrons. The molecule has 2 atom stereocenters. The lowest BCUT2D eigenvalue weighted by Crippen LogP contribution is -2.41. The van der Waals surface area contributed by atoms with E-state index in [-0.39, 0.29) is 12.1 Å². The van der Waals surface area contributed by atoms with Crippen molar-refractivity contribution < 1.29 is 32.3 Å². The molecule has 3 rings (SSSR count). The van der Waals surface area contributed by atoms with Crippen LogP contribution in [0, 0.1) is 0 Å². The molecule has 10 nitrogen and oxygen atoms in total. The molecule has 0 aromatic carbocycles. The summed E-state index contributed by atoms with van der Waals surface area (Å²) >= 11 is 0. The highest BCUT2D eigenvalue weighted by molar-refractivity contribution is 5.88. The van der Waals surface area contributed by atoms with Crippen molar-refractivity contribution in [3.8, 4) is 0 Å². The zero-order chi connectivity index (χ0) is 23.0. The van der Waals surface area contributed by atoms with E-state index < -0.39 is 18.3 Å². The number of aryl methyl sites for hydroxylation is 1. The lowest BCUT2D eigenvalue weighted by molar-refractivity contribution is -0.192. The number of likely N-dealkylation sites (tertiary alicyclic amines) is 1. The van der Waals surface area contributed by atoms with E-state index in [2.05, 4.69) is 25.7 Å². The molecule has 31 heavy (non-hydrogen) atoms. The van der Waals surface area contributed by atoms with Gasteiger partial charge in [-0.1, -0.05) is 0 Å². The largest absolute Gasteiger partial charge is 0.490 e. The molecule has 1 aliphatic rings. The average molecular weight is 447 g/mol. The van der Waals surface area contributed by atoms with Crippen LogP contribution >= 0.6 is 0 Å². The third-order valence-corrected chi connectivity index (χ3v) is 4.18. The van der Waals surface area contributed by atoms with Crippen LogP contribution < -0.4 is 10.6 Å². The SMILES string of the molecule is Cn1cc(NC(=O)NC[C@@H]2C[C@H](F)CN2Cc2cncnc2)cn1.O=C(O)C(F)(F)F. The van der Waals surface area contributed by atoms with Crippen molar-refractivity contribution in [3.63, 3.8) is 0 Å². The minimum absolute atomic E-state index is 0.0557. The molecular weight excluding hydrogens is 426 g/mol. The van der Waals surface area contributed by atoms with Crippen LogP contribution in [0.5, 0.6) is 0 Å². The van der Waals surface area contributed by atoms with Crippen LogP contribution in [0.2, 0.25) is 0 Å². The first-order valence-electron chi connectivity index (χ1n) is 9.00. The zero-order valence-electron chi connectivity index (χ0n) is 16.4. The number of anilines is 1. The Morgan fingerprint density at radius 1 is 1.26 bits per heavy atom. The monoisotopic (exact) mass is 447 g/mol. The van der Waals surface area contributed by atoms with Gasteiger partial charge in [0.15, 0.2) is 0 Å². The Labute approximate surface area is 174 Å². The summed E-state index contributed by atoms with van der Waals surface area (Å²) in [5.41, 5.74) is 1.54. The number of alkyl halides is 4. The van der Waals surface area contributed by atoms with Gasteiger partial charge >= 0.3 is 18.2 Å². The first-order chi connectivity index (χ1) is 14.5. The van der Waals surface area contributed by atoms with Crippen molar-refractivity contribution in [2.24, 2.45) is 7.05 Å². The maximum Gasteiger partial charge on any atom is 0.490 e. The van der Waals surface area contributed by atoms with Crippen molar-refractivity contribution in [1.82, 2.24) is 30.0 Å². The van der Waals surface area contributed by atoms with Crippen molar-refractivity contribution in [1.29, 1.82) is 0 Å². The second kappa shape index (κ2) is 10.7. The van der Waals surface area contributed by atoms with Crippen LogP contribution in [0.3, 0.4) is 0 Å². The third kappa shape index (κ3) is 8.16. The van der Waals surface area contributed by atoms with Crippen LogP contribution in [-0.4, -0.2) is 73.2 Å². The fraction of sp³-hybridized carbons (Fsp3) is 0.471. The number of hydrogen-bond acceptors (Lipinski definition) is 6. The highest BCUT2D eigenvalue weighted by atomic mass is 19.4. The number of hydrogen-bond donors (Lipinski definition) is 3. The minimum atomic E-state index is -5.08. The number of amides is 2. The summed E-state index contributed by atoms with van der Waals surface area (Å²) in [6.45, 7) is 1.30. The first-order valence-corrected chi connectivity index (χ1v) is 9.00. The van der Waals surface area contributed by atoms with E-state index in [9.17, 15) is 22.4 Å². The normalized spacial score (nSPS) is 18.7. The number of nitrogens with one attached hydrogen (secondary N) is 2. The zero-order valence-corrected chi connectivity index (χ0v) is 16.4. The number of rotatable bonds is 5. The maximum atomic E-state index is 13.8. The predicted molar refractivity (Wildman–Crippen MR) is 99.7 cm³/mol. The van der Waals surface area contributed by atoms with E-state index in [1.54, 1.807) is 36.5 Å². The summed E-state index contributed by atoms with van der Waals surface area (Å²) in [5.74, 6) is -2.76. The molecule has 0 aliphatic carbocycles. The number of urea groups is 1. The topological polar surface area (TPSA) is 125 Å². The van der Waals surface area contributed by atoms with Gasteiger partial charge in [-0.2, -0.15) is 18.3 Å². The van der Waals surface area contributed by atoms with Crippen LogP contribution in [-0.2, 0) is 18.4 Å². The summed E-state index contributed by atoms with van der Waals surface area (Å²) in [4.78, 5) is 30.8. The van der Waals surface area contributed by atoms with E-state index in [1.807, 2.05) is 4.90 Å². The lowest BCUT2D eigenvalue weighted by atomic mass is 10.2. The van der Waals surface area contributed by atoms with Crippen LogP contribution in [0.1, 0.15) is 12.0 Å². The van der Waals surface area contributed by atoms with Gasteiger partial charge in [-0.15, -0.1) is 0 Å². The van der Waals surface area contributed by atoms with E-state index in [0.29, 0.717) is 31.7 Å². The molecule has 0 saturated carbocycles. The molecule has 0 radical (unpaired) electrons. The van der Waals surface area contributed by atoms with Gasteiger partial charge in [-0.3, -0.25) is 9.58 Å². The van der Waals surface area contributed by atoms with Gasteiger partial charge in [-0.05, 0) is 6.42 Å². The van der Waals surface area contributed by atoms with E-state index in [1.165, 1.54) is 6.33 Å². The fourth-order valence-corrected chi connectivity index (χ4v) is 2.85. The fourth-order valence-electron chi connectivity index (χ4n) is 2.85. The first kappa shape index (κ1) is 24.0. The summed E-state index contributed by atoms with van der Waals surface area (Å²) < 4.78 is 47.1. The molecule has 1 fully saturated rings. The lowest BCUT2D eigenvalue weighted by Gasteiger charge is -2.24. The number of aromatic nitrogens is 4. The van der Waals surface area contributed by atoms with Crippen molar-refractivity contribution in [2.45, 2.75) is 31.4 Å². The molecule has 0 bridgehead atoms. The molecular formula is C17H21F4N7O3. The Balaban J connectivity index is 0.000000423. The number of aliphatic carboxylic acids is 1. The van der Waals surface area contributed by atoms with Gasteiger partial charge in [0.05, 0.1) is 11.9 Å². The number of carboxylic acid groups (broad SMARTS) is 1. The molecule has 1 aliphatic heterocycles. The summed E-state index contributed by atoms with van der Waals surface area (Å²) in [6.07, 6.45) is 2.61. The quantitative estimate of drug-likeness (QED) is 0.594. The molecule has 3 N–H and O–H groups in total. The highest BCUT2D eigenvalue weighted by Crippen LogP contribution is 2.22. The van der Waals surface area contributed by atoms with Crippen molar-refractivity contribution in [3.05, 3.63) is 36.7 Å². The Morgan fingerprint density at radius 3 is 2.45 bits per heavy atom. The second-order valence-electron chi connectivity index (χ2n) is 6.70. The Morgan fingerprint density at radius 2 is 1.90 bits per heavy atom. The Hall–Kier alpha value is -3.29. The van der Waals surface area contributed by atoms with Crippen LogP contribution in [0.25, 0.3) is 0 Å². The standard InChI is InChI=1S/C15H20FN7O.C2HF3O2/c1-22-9-13(5-20-22)21-15(24)19-6-14-2-12(16)8-23(14)7-11-3-17-10-18-4-11;3-2(4,5)1(6)7/h3-5,9-10,12,14H,2,6-8H2,1H3,(H2,19,21,24);(H,6,7)/t12-,14-;/m0./s1. The van der Waals surface area contributed by atoms with E-state index in [4.69, 9.17) is 9.90 Å². The highest BCUT2D eigenvalue weighted by Gasteiger charge is 2.38. The summed E-state index contributed by atoms with van der Waals surface area (Å²) in [6, 6.07) is -0.381. The Kier molecular flexibility index (Phi) is 8.24. The van der Waals surface area contributed by atoms with Crippen molar-refractivity contribution >= 4 is 17.7 Å². The average Bonchev–Trinajstić information content (AvgIpc) is 3.25. The minimum Gasteiger partial charge on any atom is -0.475 e. The molecule has 1 saturated heterocycles. The maximum absolute atomic E-state index is 13.8. The predicted octanol–water partition coefficient (Wildman–Crippen LogP) is 1.58. The van der Waals surface area contributed by atoms with Gasteiger partial charge in [0.2, 0.25) is 0 Å². The van der Waals surface area contributed by atoms with Gasteiger partial charge in [0, 0.05) is 56.9 Å². The number of carbonyl (C=O) groups is 2. The van der Waals surface area contributed by atoms with E-state index in [0.717, 1.165) is 5.56 Å². The van der Waals surface area contributed by atoms with Gasteiger partial charge in [-0.25, -0.2) is 23.9 Å². The van der Waals surface area contributed by atoms with Crippen LogP contribution in [0.4, 0.5) is 28.0 Å². The van der Waals surface area contributed by atoms with Crippen LogP contribution in [0.15, 0.2) is 31.1 Å². The number of halogens is 4. The smallest absolute Gasteiger partial charge is 0.475 e. The molecule has 2 aromatic heterocycles. The Bertz CT molecular complexity index is 863. The van der Waals surface area contributed by atoms with E-state index >= 15 is 0 Å². The molecule has 0 unspecified atom stereocenters. The number of carbonyl (C=O) groups excluding carboxylic acids is 1. The molecule has 2 aromatic rings. The number of nitrogens with zero attached hydrogens (tertiary/aromatic N) is 5. The van der Waals surface area contributed by atoms with Gasteiger partial charge in [0.25, 0.3) is 0 Å². The van der Waals surface area contributed by atoms with Gasteiger partial charge in [0.1, 0.15) is 12.5 Å². The molecule has 3 heterocycles. The number of carboxylic acids is 1. The van der Waals surface area contributed by atoms with Crippen molar-refractivity contribution in [2.75, 3.05) is 18.4 Å². The summed E-state index contributed by atoms with van der Waals surface area (Å²) in [5, 5.41) is 16.6. The molecule has 0 spiro atoms. The van der Waals surface area contributed by atoms with Gasteiger partial charge < -0.3 is 15.7 Å². The third-order valence-electron chi connectivity index (χ3n) is 4.18.